The summed E-state index contributed by atoms with van der Waals surface area (Å²) in [6, 6.07) is 7.39. The molecule has 1 amide bonds. The van der Waals surface area contributed by atoms with Gasteiger partial charge in [-0.05, 0) is 35.9 Å². The third-order valence-corrected chi connectivity index (χ3v) is 4.55. The van der Waals surface area contributed by atoms with Gasteiger partial charge in [0.05, 0.1) is 11.8 Å². The fourth-order valence-electron chi connectivity index (χ4n) is 2.81. The number of carbonyl (C=O) groups excluding carboxylic acids is 1. The van der Waals surface area contributed by atoms with E-state index in [0.717, 1.165) is 16.0 Å². The number of hydrogen-bond acceptors (Lipinski definition) is 4. The van der Waals surface area contributed by atoms with Crippen LogP contribution in [0, 0.1) is 0 Å². The number of aromatic nitrogens is 3. The van der Waals surface area contributed by atoms with E-state index in [4.69, 9.17) is 16.0 Å². The van der Waals surface area contributed by atoms with Crippen LogP contribution in [0.4, 0.5) is 13.2 Å². The average molecular weight is 421 g/mol. The van der Waals surface area contributed by atoms with Crippen LogP contribution in [0.1, 0.15) is 21.6 Å². The van der Waals surface area contributed by atoms with E-state index in [9.17, 15) is 18.0 Å². The van der Waals surface area contributed by atoms with Gasteiger partial charge in [-0.15, -0.1) is 0 Å². The molecular formula is C19H12ClF3N4O2. The van der Waals surface area contributed by atoms with Gasteiger partial charge in [0.15, 0.2) is 11.3 Å². The first-order valence-corrected chi connectivity index (χ1v) is 8.72. The van der Waals surface area contributed by atoms with Gasteiger partial charge in [-0.1, -0.05) is 11.6 Å². The molecule has 0 aliphatic rings. The Morgan fingerprint density at radius 2 is 2.00 bits per heavy atom. The standard InChI is InChI=1S/C19H12ClF3N4O2/c20-16-15(18(28)25-9-11-3-5-24-6-4-11)26-17-13(19(21,22)23)8-12(10-27(16)17)14-2-1-7-29-14/h1-8,10H,9H2,(H,25,28). The molecule has 0 unspecified atom stereocenters. The summed E-state index contributed by atoms with van der Waals surface area (Å²) in [6.07, 6.45) is 1.11. The van der Waals surface area contributed by atoms with Gasteiger partial charge in [0.25, 0.3) is 5.91 Å². The summed E-state index contributed by atoms with van der Waals surface area (Å²) in [5, 5.41) is 2.36. The first kappa shape index (κ1) is 19.0. The molecule has 0 fully saturated rings. The van der Waals surface area contributed by atoms with E-state index in [1.54, 1.807) is 30.6 Å². The predicted molar refractivity (Wildman–Crippen MR) is 98.3 cm³/mol. The molecule has 0 spiro atoms. The van der Waals surface area contributed by atoms with E-state index < -0.39 is 23.3 Å². The summed E-state index contributed by atoms with van der Waals surface area (Å²) in [5.74, 6) is -0.464. The van der Waals surface area contributed by atoms with Crippen molar-refractivity contribution in [1.29, 1.82) is 0 Å². The molecular weight excluding hydrogens is 409 g/mol. The maximum Gasteiger partial charge on any atom is 0.420 e. The molecule has 148 valence electrons. The number of halogens is 4. The van der Waals surface area contributed by atoms with Crippen LogP contribution in [0.2, 0.25) is 5.15 Å². The molecule has 29 heavy (non-hydrogen) atoms. The van der Waals surface area contributed by atoms with E-state index in [2.05, 4.69) is 15.3 Å². The molecule has 4 aromatic rings. The molecule has 4 heterocycles. The van der Waals surface area contributed by atoms with Crippen molar-refractivity contribution in [1.82, 2.24) is 19.7 Å². The second-order valence-electron chi connectivity index (χ2n) is 6.10. The number of alkyl halides is 3. The highest BCUT2D eigenvalue weighted by atomic mass is 35.5. The molecule has 0 aliphatic heterocycles. The first-order valence-electron chi connectivity index (χ1n) is 8.34. The van der Waals surface area contributed by atoms with E-state index in [1.807, 2.05) is 0 Å². The Morgan fingerprint density at radius 3 is 2.66 bits per heavy atom. The molecule has 0 saturated carbocycles. The molecule has 10 heteroatoms. The van der Waals surface area contributed by atoms with Crippen molar-refractivity contribution in [3.8, 4) is 11.3 Å². The van der Waals surface area contributed by atoms with Crippen molar-refractivity contribution in [3.63, 3.8) is 0 Å². The number of amides is 1. The summed E-state index contributed by atoms with van der Waals surface area (Å²) in [7, 11) is 0. The van der Waals surface area contributed by atoms with Gasteiger partial charge in [-0.2, -0.15) is 13.2 Å². The molecule has 6 nitrogen and oxygen atoms in total. The molecule has 1 N–H and O–H groups in total. The zero-order valence-electron chi connectivity index (χ0n) is 14.6. The Morgan fingerprint density at radius 1 is 1.24 bits per heavy atom. The highest BCUT2D eigenvalue weighted by Gasteiger charge is 2.36. The minimum Gasteiger partial charge on any atom is -0.464 e. The van der Waals surface area contributed by atoms with Crippen LogP contribution < -0.4 is 5.32 Å². The SMILES string of the molecule is O=C(NCc1ccncc1)c1nc2c(C(F)(F)F)cc(-c3ccco3)cn2c1Cl. The van der Waals surface area contributed by atoms with E-state index in [1.165, 1.54) is 18.5 Å². The fraction of sp³-hybridized carbons (Fsp3) is 0.105. The lowest BCUT2D eigenvalue weighted by atomic mass is 10.1. The number of pyridine rings is 2. The molecule has 0 saturated heterocycles. The lowest BCUT2D eigenvalue weighted by Crippen LogP contribution is -2.23. The van der Waals surface area contributed by atoms with Crippen LogP contribution in [-0.4, -0.2) is 20.3 Å². The zero-order valence-corrected chi connectivity index (χ0v) is 15.3. The largest absolute Gasteiger partial charge is 0.464 e. The van der Waals surface area contributed by atoms with Crippen molar-refractivity contribution in [2.45, 2.75) is 12.7 Å². The van der Waals surface area contributed by atoms with Crippen LogP contribution in [0.5, 0.6) is 0 Å². The van der Waals surface area contributed by atoms with Gasteiger partial charge in [-0.3, -0.25) is 14.2 Å². The van der Waals surface area contributed by atoms with Crippen molar-refractivity contribution < 1.29 is 22.4 Å². The molecule has 0 bridgehead atoms. The molecule has 0 aromatic carbocycles. The number of hydrogen-bond donors (Lipinski definition) is 1. The molecule has 0 aliphatic carbocycles. The summed E-state index contributed by atoms with van der Waals surface area (Å²) in [6.45, 7) is 0.148. The number of nitrogens with one attached hydrogen (secondary N) is 1. The number of rotatable bonds is 4. The third kappa shape index (κ3) is 3.68. The van der Waals surface area contributed by atoms with Gasteiger partial charge in [-0.25, -0.2) is 4.98 Å². The fourth-order valence-corrected chi connectivity index (χ4v) is 3.07. The third-order valence-electron chi connectivity index (χ3n) is 4.19. The first-order chi connectivity index (χ1) is 13.8. The molecule has 0 atom stereocenters. The summed E-state index contributed by atoms with van der Waals surface area (Å²) in [4.78, 5) is 20.2. The Hall–Kier alpha value is -3.33. The van der Waals surface area contributed by atoms with Crippen LogP contribution in [0.3, 0.4) is 0 Å². The number of imidazole rings is 1. The van der Waals surface area contributed by atoms with Crippen molar-refractivity contribution in [3.05, 3.63) is 77.2 Å². The number of nitrogens with zero attached hydrogens (tertiary/aromatic N) is 3. The zero-order chi connectivity index (χ0) is 20.6. The second kappa shape index (κ2) is 7.25. The van der Waals surface area contributed by atoms with Crippen LogP contribution in [0.25, 0.3) is 17.0 Å². The van der Waals surface area contributed by atoms with Gasteiger partial charge in [0.2, 0.25) is 0 Å². The van der Waals surface area contributed by atoms with Crippen LogP contribution in [0.15, 0.2) is 59.6 Å². The minimum absolute atomic E-state index is 0.148. The quantitative estimate of drug-likeness (QED) is 0.524. The Balaban J connectivity index is 1.76. The Labute approximate surface area is 167 Å². The number of carbonyl (C=O) groups is 1. The Kier molecular flexibility index (Phi) is 4.75. The normalized spacial score (nSPS) is 11.7. The maximum absolute atomic E-state index is 13.6. The van der Waals surface area contributed by atoms with E-state index in [-0.39, 0.29) is 28.7 Å². The minimum atomic E-state index is -4.71. The van der Waals surface area contributed by atoms with Gasteiger partial charge >= 0.3 is 6.18 Å². The monoisotopic (exact) mass is 420 g/mol. The van der Waals surface area contributed by atoms with Crippen molar-refractivity contribution in [2.75, 3.05) is 0 Å². The maximum atomic E-state index is 13.6. The topological polar surface area (TPSA) is 72.4 Å². The smallest absolute Gasteiger partial charge is 0.420 e. The number of fused-ring (bicyclic) bond motifs is 1. The highest BCUT2D eigenvalue weighted by molar-refractivity contribution is 6.33. The summed E-state index contributed by atoms with van der Waals surface area (Å²) < 4.78 is 47.1. The summed E-state index contributed by atoms with van der Waals surface area (Å²) in [5.41, 5.74) is -0.877. The molecule has 4 rings (SSSR count). The van der Waals surface area contributed by atoms with Crippen LogP contribution in [-0.2, 0) is 12.7 Å². The lowest BCUT2D eigenvalue weighted by Gasteiger charge is -2.10. The number of furan rings is 1. The van der Waals surface area contributed by atoms with Gasteiger partial charge in [0, 0.05) is 30.7 Å². The van der Waals surface area contributed by atoms with E-state index in [0.29, 0.717) is 0 Å². The highest BCUT2D eigenvalue weighted by Crippen LogP contribution is 2.37. The second-order valence-corrected chi connectivity index (χ2v) is 6.46. The van der Waals surface area contributed by atoms with Gasteiger partial charge in [0.1, 0.15) is 10.9 Å². The molecule has 0 radical (unpaired) electrons. The predicted octanol–water partition coefficient (Wildman–Crippen LogP) is 4.59. The van der Waals surface area contributed by atoms with Crippen molar-refractivity contribution >= 4 is 23.2 Å². The van der Waals surface area contributed by atoms with Crippen LogP contribution >= 0.6 is 11.6 Å². The molecule has 4 aromatic heterocycles. The lowest BCUT2D eigenvalue weighted by molar-refractivity contribution is -0.136. The Bertz CT molecular complexity index is 1170. The average Bonchev–Trinajstić information content (AvgIpc) is 3.34. The van der Waals surface area contributed by atoms with Crippen molar-refractivity contribution in [2.24, 2.45) is 0 Å². The van der Waals surface area contributed by atoms with Gasteiger partial charge < -0.3 is 9.73 Å². The summed E-state index contributed by atoms with van der Waals surface area (Å²) >= 11 is 6.22. The van der Waals surface area contributed by atoms with E-state index >= 15 is 0 Å².